The highest BCUT2D eigenvalue weighted by molar-refractivity contribution is 5.70. The molecule has 4 rings (SSSR count). The molecule has 5 nitrogen and oxygen atoms in total. The van der Waals surface area contributed by atoms with Gasteiger partial charge in [-0.2, -0.15) is 0 Å². The Labute approximate surface area is 168 Å². The van der Waals surface area contributed by atoms with Crippen molar-refractivity contribution in [2.24, 2.45) is 0 Å². The molecule has 0 aliphatic carbocycles. The number of carbonyl (C=O) groups excluding carboxylic acids is 1. The highest BCUT2D eigenvalue weighted by Gasteiger charge is 2.42. The van der Waals surface area contributed by atoms with Crippen molar-refractivity contribution in [3.63, 3.8) is 0 Å². The third-order valence-corrected chi connectivity index (χ3v) is 5.69. The summed E-state index contributed by atoms with van der Waals surface area (Å²) in [5.41, 5.74) is 0.421. The Morgan fingerprint density at radius 2 is 1.83 bits per heavy atom. The van der Waals surface area contributed by atoms with E-state index in [0.717, 1.165) is 38.0 Å². The van der Waals surface area contributed by atoms with Crippen LogP contribution in [0.3, 0.4) is 0 Å². The van der Waals surface area contributed by atoms with E-state index >= 15 is 0 Å². The Morgan fingerprint density at radius 3 is 2.48 bits per heavy atom. The number of alkyl carbamates (subject to hydrolysis) is 1. The highest BCUT2D eigenvalue weighted by Crippen LogP contribution is 2.31. The van der Waals surface area contributed by atoms with E-state index in [1.54, 1.807) is 30.3 Å². The molecule has 1 unspecified atom stereocenters. The second-order valence-corrected chi connectivity index (χ2v) is 7.64. The van der Waals surface area contributed by atoms with Gasteiger partial charge in [-0.25, -0.2) is 13.6 Å². The van der Waals surface area contributed by atoms with Crippen molar-refractivity contribution in [1.29, 1.82) is 0 Å². The van der Waals surface area contributed by atoms with E-state index in [1.807, 2.05) is 0 Å². The summed E-state index contributed by atoms with van der Waals surface area (Å²) in [7, 11) is 0. The van der Waals surface area contributed by atoms with E-state index in [9.17, 15) is 13.6 Å². The summed E-state index contributed by atoms with van der Waals surface area (Å²) in [6, 6.07) is 12.4. The van der Waals surface area contributed by atoms with Crippen molar-refractivity contribution >= 4 is 6.09 Å². The minimum Gasteiger partial charge on any atom is -0.483 e. The molecule has 2 aliphatic rings. The van der Waals surface area contributed by atoms with Crippen molar-refractivity contribution < 1.29 is 23.0 Å². The molecule has 1 N–H and O–H groups in total. The van der Waals surface area contributed by atoms with Gasteiger partial charge in [0.1, 0.15) is 17.5 Å². The number of ether oxygens (including phenoxy) is 2. The Balaban J connectivity index is 1.40. The van der Waals surface area contributed by atoms with Gasteiger partial charge in [-0.3, -0.25) is 0 Å². The standard InChI is InChI=1S/C22H24F2N2O3/c23-17-7-5-16(6-8-17)19(28-20-4-2-1-3-18(20)24)9-12-26-13-10-22(11-14-26)15-25-21(27)29-22/h1-8,19H,9-15H2,(H,25,27). The predicted molar refractivity (Wildman–Crippen MR) is 104 cm³/mol. The molecular weight excluding hydrogens is 378 g/mol. The van der Waals surface area contributed by atoms with E-state index in [2.05, 4.69) is 10.2 Å². The number of carbonyl (C=O) groups is 1. The molecule has 1 atom stereocenters. The first-order valence-electron chi connectivity index (χ1n) is 9.89. The summed E-state index contributed by atoms with van der Waals surface area (Å²) >= 11 is 0. The molecule has 2 aromatic carbocycles. The molecule has 0 bridgehead atoms. The van der Waals surface area contributed by atoms with Crippen molar-refractivity contribution in [1.82, 2.24) is 10.2 Å². The van der Waals surface area contributed by atoms with Crippen molar-refractivity contribution in [2.75, 3.05) is 26.2 Å². The lowest BCUT2D eigenvalue weighted by Gasteiger charge is -2.37. The van der Waals surface area contributed by atoms with Crippen LogP contribution in [-0.2, 0) is 4.74 Å². The lowest BCUT2D eigenvalue weighted by molar-refractivity contribution is -0.00146. The maximum atomic E-state index is 14.1. The van der Waals surface area contributed by atoms with Gasteiger partial charge in [-0.1, -0.05) is 24.3 Å². The highest BCUT2D eigenvalue weighted by atomic mass is 19.1. The predicted octanol–water partition coefficient (Wildman–Crippen LogP) is 4.05. The van der Waals surface area contributed by atoms with Gasteiger partial charge in [0, 0.05) is 38.9 Å². The number of rotatable bonds is 6. The fourth-order valence-corrected chi connectivity index (χ4v) is 3.93. The summed E-state index contributed by atoms with van der Waals surface area (Å²) in [6.45, 7) is 2.93. The lowest BCUT2D eigenvalue weighted by atomic mass is 9.91. The molecule has 2 saturated heterocycles. The number of halogens is 2. The molecule has 154 valence electrons. The molecule has 29 heavy (non-hydrogen) atoms. The molecule has 2 fully saturated rings. The first-order chi connectivity index (χ1) is 14.0. The molecule has 1 amide bonds. The van der Waals surface area contributed by atoms with E-state index in [1.165, 1.54) is 18.2 Å². The monoisotopic (exact) mass is 402 g/mol. The fourth-order valence-electron chi connectivity index (χ4n) is 3.93. The topological polar surface area (TPSA) is 50.8 Å². The molecule has 2 aromatic rings. The van der Waals surface area contributed by atoms with Crippen molar-refractivity contribution in [2.45, 2.75) is 31.0 Å². The van der Waals surface area contributed by atoms with Gasteiger partial charge in [0.05, 0.1) is 6.54 Å². The zero-order valence-electron chi connectivity index (χ0n) is 16.1. The number of likely N-dealkylation sites (tertiary alicyclic amines) is 1. The Morgan fingerprint density at radius 1 is 1.10 bits per heavy atom. The minimum atomic E-state index is -0.421. The summed E-state index contributed by atoms with van der Waals surface area (Å²) in [5.74, 6) is -0.558. The van der Waals surface area contributed by atoms with Crippen LogP contribution in [-0.4, -0.2) is 42.8 Å². The van der Waals surface area contributed by atoms with E-state index in [4.69, 9.17) is 9.47 Å². The van der Waals surface area contributed by atoms with Gasteiger partial charge >= 0.3 is 6.09 Å². The zero-order chi connectivity index (χ0) is 20.3. The third-order valence-electron chi connectivity index (χ3n) is 5.69. The number of para-hydroxylation sites is 1. The van der Waals surface area contributed by atoms with Crippen LogP contribution in [0.2, 0.25) is 0 Å². The molecule has 7 heteroatoms. The van der Waals surface area contributed by atoms with Gasteiger partial charge in [-0.15, -0.1) is 0 Å². The van der Waals surface area contributed by atoms with Gasteiger partial charge in [0.25, 0.3) is 0 Å². The summed E-state index contributed by atoms with van der Waals surface area (Å²) in [6.07, 6.45) is 1.45. The third kappa shape index (κ3) is 4.67. The van der Waals surface area contributed by atoms with Gasteiger partial charge in [0.2, 0.25) is 0 Å². The summed E-state index contributed by atoms with van der Waals surface area (Å²) < 4.78 is 38.8. The first-order valence-corrected chi connectivity index (χ1v) is 9.89. The molecular formula is C22H24F2N2O3. The second kappa shape index (κ2) is 8.37. The molecule has 0 aromatic heterocycles. The van der Waals surface area contributed by atoms with Crippen LogP contribution in [0.15, 0.2) is 48.5 Å². The van der Waals surface area contributed by atoms with Crippen LogP contribution in [0, 0.1) is 11.6 Å². The van der Waals surface area contributed by atoms with Crippen molar-refractivity contribution in [3.8, 4) is 5.75 Å². The van der Waals surface area contributed by atoms with E-state index in [-0.39, 0.29) is 23.3 Å². The molecule has 0 saturated carbocycles. The SMILES string of the molecule is O=C1NCC2(CCN(CCC(Oc3ccccc3F)c3ccc(F)cc3)CC2)O1. The van der Waals surface area contributed by atoms with Crippen molar-refractivity contribution in [3.05, 3.63) is 65.7 Å². The average molecular weight is 402 g/mol. The largest absolute Gasteiger partial charge is 0.483 e. The number of piperidine rings is 1. The smallest absolute Gasteiger partial charge is 0.407 e. The number of amides is 1. The van der Waals surface area contributed by atoms with Crippen LogP contribution in [0.5, 0.6) is 5.75 Å². The minimum absolute atomic E-state index is 0.184. The summed E-state index contributed by atoms with van der Waals surface area (Å²) in [4.78, 5) is 13.7. The number of nitrogens with zero attached hydrogens (tertiary/aromatic N) is 1. The molecule has 0 radical (unpaired) electrons. The second-order valence-electron chi connectivity index (χ2n) is 7.64. The molecule has 2 aliphatic heterocycles. The average Bonchev–Trinajstić information content (AvgIpc) is 3.09. The van der Waals surface area contributed by atoms with Crippen LogP contribution >= 0.6 is 0 Å². The molecule has 2 heterocycles. The number of benzene rings is 2. The number of hydrogen-bond donors (Lipinski definition) is 1. The Bertz CT molecular complexity index is 851. The normalized spacial score (nSPS) is 19.6. The number of hydrogen-bond acceptors (Lipinski definition) is 4. The quantitative estimate of drug-likeness (QED) is 0.792. The fraction of sp³-hybridized carbons (Fsp3) is 0.409. The maximum absolute atomic E-state index is 14.1. The maximum Gasteiger partial charge on any atom is 0.407 e. The zero-order valence-corrected chi connectivity index (χ0v) is 16.1. The van der Waals surface area contributed by atoms with Gasteiger partial charge in [-0.05, 0) is 29.8 Å². The van der Waals surface area contributed by atoms with Crippen LogP contribution in [0.1, 0.15) is 30.9 Å². The van der Waals surface area contributed by atoms with Crippen LogP contribution < -0.4 is 10.1 Å². The van der Waals surface area contributed by atoms with E-state index in [0.29, 0.717) is 13.0 Å². The Hall–Kier alpha value is -2.67. The van der Waals surface area contributed by atoms with E-state index < -0.39 is 11.9 Å². The molecule has 1 spiro atoms. The number of nitrogens with one attached hydrogen (secondary N) is 1. The lowest BCUT2D eigenvalue weighted by Crippen LogP contribution is -2.47. The first kappa shape index (κ1) is 19.6. The van der Waals surface area contributed by atoms with Crippen LogP contribution in [0.4, 0.5) is 13.6 Å². The summed E-state index contributed by atoms with van der Waals surface area (Å²) in [5, 5.41) is 2.74. The van der Waals surface area contributed by atoms with Gasteiger partial charge < -0.3 is 19.7 Å². The van der Waals surface area contributed by atoms with Crippen LogP contribution in [0.25, 0.3) is 0 Å². The Kier molecular flexibility index (Phi) is 5.67. The van der Waals surface area contributed by atoms with Gasteiger partial charge in [0.15, 0.2) is 11.6 Å².